The van der Waals surface area contributed by atoms with Crippen LogP contribution in [0, 0.1) is 0 Å². The van der Waals surface area contributed by atoms with Crippen LogP contribution in [0.15, 0.2) is 97.1 Å². The second-order valence-corrected chi connectivity index (χ2v) is 13.8. The largest absolute Gasteiger partial charge is 0.508 e. The SMILES string of the molecule is CC/C(=C(\c1ccc(O)cc1)c1ccc(OCCNCCN2CCN(c3ccc4c(c3)CN(C3CCC(=O)NC3=O)C4=O)CC2)cc1)c1ccccc1. The highest BCUT2D eigenvalue weighted by Gasteiger charge is 2.39. The van der Waals surface area contributed by atoms with Gasteiger partial charge in [-0.15, -0.1) is 0 Å². The summed E-state index contributed by atoms with van der Waals surface area (Å²) in [6.45, 7) is 9.42. The first-order chi connectivity index (χ1) is 25.9. The van der Waals surface area contributed by atoms with Crippen molar-refractivity contribution in [2.24, 2.45) is 0 Å². The smallest absolute Gasteiger partial charge is 0.255 e. The summed E-state index contributed by atoms with van der Waals surface area (Å²) in [5.41, 5.74) is 8.42. The van der Waals surface area contributed by atoms with Crippen LogP contribution in [0.1, 0.15) is 58.8 Å². The average molecular weight is 714 g/mol. The summed E-state index contributed by atoms with van der Waals surface area (Å²) in [5, 5.41) is 15.8. The maximum Gasteiger partial charge on any atom is 0.255 e. The number of aromatic hydroxyl groups is 1. The molecule has 53 heavy (non-hydrogen) atoms. The van der Waals surface area contributed by atoms with Crippen molar-refractivity contribution in [2.45, 2.75) is 38.8 Å². The Hall–Kier alpha value is -5.45. The van der Waals surface area contributed by atoms with E-state index in [4.69, 9.17) is 4.74 Å². The molecule has 3 aliphatic rings. The van der Waals surface area contributed by atoms with E-state index in [2.05, 4.69) is 69.8 Å². The molecule has 274 valence electrons. The Morgan fingerprint density at radius 2 is 1.57 bits per heavy atom. The lowest BCUT2D eigenvalue weighted by atomic mass is 9.88. The molecule has 4 aromatic carbocycles. The third kappa shape index (κ3) is 8.29. The number of carbonyl (C=O) groups excluding carboxylic acids is 3. The van der Waals surface area contributed by atoms with E-state index in [0.717, 1.165) is 85.9 Å². The van der Waals surface area contributed by atoms with Gasteiger partial charge in [0, 0.05) is 70.0 Å². The minimum absolute atomic E-state index is 0.139. The number of amides is 3. The number of rotatable bonds is 13. The summed E-state index contributed by atoms with van der Waals surface area (Å²) >= 11 is 0. The van der Waals surface area contributed by atoms with Crippen LogP contribution in [0.5, 0.6) is 11.5 Å². The molecule has 4 aromatic rings. The number of nitrogens with zero attached hydrogens (tertiary/aromatic N) is 3. The van der Waals surface area contributed by atoms with Crippen LogP contribution in [0.4, 0.5) is 5.69 Å². The summed E-state index contributed by atoms with van der Waals surface area (Å²) in [5.74, 6) is 0.279. The van der Waals surface area contributed by atoms with Crippen LogP contribution in [-0.4, -0.2) is 91.1 Å². The van der Waals surface area contributed by atoms with Crippen molar-refractivity contribution in [2.75, 3.05) is 57.3 Å². The highest BCUT2D eigenvalue weighted by molar-refractivity contribution is 6.05. The van der Waals surface area contributed by atoms with Crippen LogP contribution < -0.4 is 20.3 Å². The monoisotopic (exact) mass is 713 g/mol. The molecular formula is C43H47N5O5. The van der Waals surface area contributed by atoms with E-state index in [1.807, 2.05) is 42.5 Å². The zero-order chi connectivity index (χ0) is 36.7. The fourth-order valence-electron chi connectivity index (χ4n) is 7.62. The van der Waals surface area contributed by atoms with Crippen molar-refractivity contribution in [3.05, 3.63) is 125 Å². The Morgan fingerprint density at radius 1 is 0.849 bits per heavy atom. The molecule has 3 N–H and O–H groups in total. The second kappa shape index (κ2) is 16.5. The molecule has 3 amide bonds. The summed E-state index contributed by atoms with van der Waals surface area (Å²) in [6.07, 6.45) is 1.49. The molecule has 10 nitrogen and oxygen atoms in total. The summed E-state index contributed by atoms with van der Waals surface area (Å²) in [4.78, 5) is 43.5. The molecule has 0 saturated carbocycles. The highest BCUT2D eigenvalue weighted by atomic mass is 16.5. The molecule has 1 atom stereocenters. The van der Waals surface area contributed by atoms with Crippen molar-refractivity contribution in [3.8, 4) is 11.5 Å². The van der Waals surface area contributed by atoms with Gasteiger partial charge in [-0.2, -0.15) is 0 Å². The number of ether oxygens (including phenoxy) is 1. The number of imide groups is 1. The fraction of sp³-hybridized carbons (Fsp3) is 0.326. The van der Waals surface area contributed by atoms with Crippen LogP contribution >= 0.6 is 0 Å². The predicted molar refractivity (Wildman–Crippen MR) is 207 cm³/mol. The first-order valence-electron chi connectivity index (χ1n) is 18.6. The van der Waals surface area contributed by atoms with E-state index >= 15 is 0 Å². The van der Waals surface area contributed by atoms with E-state index < -0.39 is 6.04 Å². The van der Waals surface area contributed by atoms with E-state index in [1.54, 1.807) is 17.0 Å². The number of anilines is 1. The number of hydrogen-bond acceptors (Lipinski definition) is 8. The van der Waals surface area contributed by atoms with Crippen molar-refractivity contribution in [1.29, 1.82) is 0 Å². The first kappa shape index (κ1) is 35.9. The molecule has 0 spiro atoms. The van der Waals surface area contributed by atoms with E-state index in [1.165, 1.54) is 11.1 Å². The van der Waals surface area contributed by atoms with Crippen molar-refractivity contribution in [3.63, 3.8) is 0 Å². The summed E-state index contributed by atoms with van der Waals surface area (Å²) < 4.78 is 6.09. The van der Waals surface area contributed by atoms with Gasteiger partial charge in [0.15, 0.2) is 0 Å². The summed E-state index contributed by atoms with van der Waals surface area (Å²) in [6, 6.07) is 31.5. The molecule has 7 rings (SSSR count). The van der Waals surface area contributed by atoms with E-state index in [-0.39, 0.29) is 29.9 Å². The minimum Gasteiger partial charge on any atom is -0.508 e. The average Bonchev–Trinajstić information content (AvgIpc) is 3.51. The van der Waals surface area contributed by atoms with Gasteiger partial charge in [0.1, 0.15) is 24.1 Å². The first-order valence-corrected chi connectivity index (χ1v) is 18.6. The fourth-order valence-corrected chi connectivity index (χ4v) is 7.62. The topological polar surface area (TPSA) is 114 Å². The van der Waals surface area contributed by atoms with Gasteiger partial charge in [0.05, 0.1) is 0 Å². The number of phenolic OH excluding ortho intramolecular Hbond substituents is 1. The maximum atomic E-state index is 13.1. The third-order valence-electron chi connectivity index (χ3n) is 10.5. The van der Waals surface area contributed by atoms with Crippen LogP contribution in [0.25, 0.3) is 11.1 Å². The zero-order valence-corrected chi connectivity index (χ0v) is 30.2. The number of benzene rings is 4. The highest BCUT2D eigenvalue weighted by Crippen LogP contribution is 2.36. The lowest BCUT2D eigenvalue weighted by Gasteiger charge is -2.36. The van der Waals surface area contributed by atoms with Gasteiger partial charge in [-0.05, 0) is 88.7 Å². The molecule has 1 unspecified atom stereocenters. The Bertz CT molecular complexity index is 1950. The number of fused-ring (bicyclic) bond motifs is 1. The van der Waals surface area contributed by atoms with Gasteiger partial charge in [-0.25, -0.2) is 0 Å². The normalized spacial score (nSPS) is 18.1. The Morgan fingerprint density at radius 3 is 2.26 bits per heavy atom. The number of nitrogens with one attached hydrogen (secondary N) is 2. The van der Waals surface area contributed by atoms with Gasteiger partial charge in [-0.3, -0.25) is 24.6 Å². The maximum absolute atomic E-state index is 13.1. The molecular weight excluding hydrogens is 667 g/mol. The van der Waals surface area contributed by atoms with E-state index in [0.29, 0.717) is 25.1 Å². The van der Waals surface area contributed by atoms with Crippen LogP contribution in [-0.2, 0) is 16.1 Å². The molecule has 3 heterocycles. The lowest BCUT2D eigenvalue weighted by Crippen LogP contribution is -2.52. The number of phenols is 1. The molecule has 10 heteroatoms. The minimum atomic E-state index is -0.597. The molecule has 0 aliphatic carbocycles. The van der Waals surface area contributed by atoms with Gasteiger partial charge in [0.25, 0.3) is 5.91 Å². The third-order valence-corrected chi connectivity index (χ3v) is 10.5. The molecule has 3 aliphatic heterocycles. The number of hydrogen-bond donors (Lipinski definition) is 3. The summed E-state index contributed by atoms with van der Waals surface area (Å²) in [7, 11) is 0. The Labute approximate surface area is 311 Å². The van der Waals surface area contributed by atoms with Gasteiger partial charge < -0.3 is 25.0 Å². The number of piperidine rings is 1. The van der Waals surface area contributed by atoms with Gasteiger partial charge in [-0.1, -0.05) is 61.5 Å². The van der Waals surface area contributed by atoms with Gasteiger partial charge >= 0.3 is 0 Å². The van der Waals surface area contributed by atoms with Crippen molar-refractivity contribution < 1.29 is 24.2 Å². The standard InChI is InChI=1S/C43H47N5O5/c1-2-37(30-6-4-3-5-7-30)41(31-8-13-35(49)14-9-31)32-10-15-36(16-11-32)53-27-21-44-20-22-46-23-25-47(26-24-46)34-12-17-38-33(28-34)29-48(43(38)52)39-18-19-40(50)45-42(39)51/h3-17,28,39,44,49H,2,18-27,29H2,1H3,(H,45,50,51)/b41-37-. The predicted octanol–water partition coefficient (Wildman–Crippen LogP) is 5.31. The van der Waals surface area contributed by atoms with Crippen molar-refractivity contribution in [1.82, 2.24) is 20.4 Å². The molecule has 0 aromatic heterocycles. The quantitative estimate of drug-likeness (QED) is 0.0971. The van der Waals surface area contributed by atoms with Crippen molar-refractivity contribution >= 4 is 34.6 Å². The molecule has 0 bridgehead atoms. The van der Waals surface area contributed by atoms with Gasteiger partial charge in [0.2, 0.25) is 11.8 Å². The number of piperazine rings is 1. The lowest BCUT2D eigenvalue weighted by molar-refractivity contribution is -0.136. The number of carbonyl (C=O) groups is 3. The Kier molecular flexibility index (Phi) is 11.2. The van der Waals surface area contributed by atoms with E-state index in [9.17, 15) is 19.5 Å². The second-order valence-electron chi connectivity index (χ2n) is 13.8. The number of allylic oxidation sites excluding steroid dienone is 1. The van der Waals surface area contributed by atoms with Crippen LogP contribution in [0.3, 0.4) is 0 Å². The molecule has 2 saturated heterocycles. The molecule has 0 radical (unpaired) electrons. The zero-order valence-electron chi connectivity index (χ0n) is 30.2. The van der Waals surface area contributed by atoms with Crippen LogP contribution in [0.2, 0.25) is 0 Å². The Balaban J connectivity index is 0.852. The molecule has 2 fully saturated rings.